The number of nitrogens with one attached hydrogen (secondary N) is 1. The average molecular weight is 371 g/mol. The molecule has 0 bridgehead atoms. The van der Waals surface area contributed by atoms with Gasteiger partial charge in [0, 0.05) is 25.1 Å². The van der Waals surface area contributed by atoms with Crippen LogP contribution in [0.1, 0.15) is 15.4 Å². The van der Waals surface area contributed by atoms with E-state index in [0.717, 1.165) is 15.3 Å². The molecule has 126 valence electrons. The van der Waals surface area contributed by atoms with Crippen molar-refractivity contribution in [2.45, 2.75) is 6.61 Å². The van der Waals surface area contributed by atoms with Crippen molar-refractivity contribution in [2.24, 2.45) is 0 Å². The summed E-state index contributed by atoms with van der Waals surface area (Å²) >= 11 is 2.83. The van der Waals surface area contributed by atoms with Gasteiger partial charge in [-0.15, -0.1) is 10.2 Å². The molecule has 0 aliphatic heterocycles. The van der Waals surface area contributed by atoms with Crippen molar-refractivity contribution >= 4 is 43.9 Å². The van der Waals surface area contributed by atoms with Crippen molar-refractivity contribution in [3.63, 3.8) is 0 Å². The van der Waals surface area contributed by atoms with E-state index in [1.807, 2.05) is 41.2 Å². The summed E-state index contributed by atoms with van der Waals surface area (Å²) in [4.78, 5) is 17.0. The first-order valence-electron chi connectivity index (χ1n) is 7.39. The minimum atomic E-state index is -0.224. The monoisotopic (exact) mass is 371 g/mol. The second-order valence-electron chi connectivity index (χ2n) is 5.16. The predicted molar refractivity (Wildman–Crippen MR) is 97.5 cm³/mol. The number of hydrogen-bond donors (Lipinski definition) is 1. The summed E-state index contributed by atoms with van der Waals surface area (Å²) in [7, 11) is 1.59. The third kappa shape index (κ3) is 3.29. The van der Waals surface area contributed by atoms with E-state index in [-0.39, 0.29) is 5.91 Å². The molecule has 0 saturated heterocycles. The SMILES string of the molecule is COCc1nnc(NC(=O)c2ccc3nc(-n4cccc4)sc3c2)s1. The number of thiazole rings is 1. The maximum atomic E-state index is 12.4. The molecule has 3 heterocycles. The number of rotatable bonds is 5. The molecule has 0 saturated carbocycles. The molecule has 1 amide bonds. The van der Waals surface area contributed by atoms with E-state index in [2.05, 4.69) is 20.5 Å². The first kappa shape index (κ1) is 15.9. The number of ether oxygens (including phenoxy) is 1. The quantitative estimate of drug-likeness (QED) is 0.582. The highest BCUT2D eigenvalue weighted by Crippen LogP contribution is 2.26. The zero-order valence-electron chi connectivity index (χ0n) is 13.2. The summed E-state index contributed by atoms with van der Waals surface area (Å²) in [5.41, 5.74) is 1.42. The number of benzene rings is 1. The third-order valence-electron chi connectivity index (χ3n) is 3.42. The van der Waals surface area contributed by atoms with Crippen LogP contribution in [0.3, 0.4) is 0 Å². The lowest BCUT2D eigenvalue weighted by Gasteiger charge is -2.00. The maximum Gasteiger partial charge on any atom is 0.257 e. The fourth-order valence-corrected chi connectivity index (χ4v) is 3.96. The van der Waals surface area contributed by atoms with Crippen molar-refractivity contribution < 1.29 is 9.53 Å². The van der Waals surface area contributed by atoms with E-state index in [0.29, 0.717) is 22.3 Å². The molecule has 1 aromatic carbocycles. The van der Waals surface area contributed by atoms with Crippen molar-refractivity contribution in [1.29, 1.82) is 0 Å². The van der Waals surface area contributed by atoms with Crippen LogP contribution >= 0.6 is 22.7 Å². The smallest absolute Gasteiger partial charge is 0.257 e. The summed E-state index contributed by atoms with van der Waals surface area (Å²) in [6.45, 7) is 0.378. The van der Waals surface area contributed by atoms with Crippen LogP contribution in [0.15, 0.2) is 42.7 Å². The van der Waals surface area contributed by atoms with E-state index in [4.69, 9.17) is 4.74 Å². The lowest BCUT2D eigenvalue weighted by Crippen LogP contribution is -2.11. The molecule has 0 aliphatic carbocycles. The number of anilines is 1. The maximum absolute atomic E-state index is 12.4. The Labute approximate surface area is 150 Å². The summed E-state index contributed by atoms with van der Waals surface area (Å²) in [6, 6.07) is 9.35. The topological polar surface area (TPSA) is 81.9 Å². The molecule has 0 radical (unpaired) electrons. The van der Waals surface area contributed by atoms with Gasteiger partial charge >= 0.3 is 0 Å². The highest BCUT2D eigenvalue weighted by Gasteiger charge is 2.13. The molecule has 0 unspecified atom stereocenters. The van der Waals surface area contributed by atoms with Gasteiger partial charge in [0.25, 0.3) is 5.91 Å². The summed E-state index contributed by atoms with van der Waals surface area (Å²) in [6.07, 6.45) is 3.89. The lowest BCUT2D eigenvalue weighted by atomic mass is 10.2. The Morgan fingerprint density at radius 3 is 2.88 bits per heavy atom. The van der Waals surface area contributed by atoms with Crippen molar-refractivity contribution in [3.05, 3.63) is 53.3 Å². The third-order valence-corrected chi connectivity index (χ3v) is 5.26. The fourth-order valence-electron chi connectivity index (χ4n) is 2.28. The van der Waals surface area contributed by atoms with Gasteiger partial charge in [-0.05, 0) is 30.3 Å². The molecular weight excluding hydrogens is 358 g/mol. The van der Waals surface area contributed by atoms with Crippen LogP contribution in [0.2, 0.25) is 0 Å². The van der Waals surface area contributed by atoms with Gasteiger partial charge in [-0.1, -0.05) is 22.7 Å². The van der Waals surface area contributed by atoms with E-state index >= 15 is 0 Å². The van der Waals surface area contributed by atoms with E-state index in [1.165, 1.54) is 22.7 Å². The van der Waals surface area contributed by atoms with Crippen molar-refractivity contribution in [1.82, 2.24) is 19.7 Å². The lowest BCUT2D eigenvalue weighted by molar-refractivity contribution is 0.102. The molecule has 9 heteroatoms. The molecule has 4 rings (SSSR count). The van der Waals surface area contributed by atoms with E-state index in [1.54, 1.807) is 13.2 Å². The molecule has 25 heavy (non-hydrogen) atoms. The van der Waals surface area contributed by atoms with Crippen molar-refractivity contribution in [2.75, 3.05) is 12.4 Å². The molecule has 4 aromatic rings. The molecular formula is C16H13N5O2S2. The number of carbonyl (C=O) groups is 1. The van der Waals surface area contributed by atoms with Crippen LogP contribution in [0.25, 0.3) is 15.3 Å². The minimum Gasteiger partial charge on any atom is -0.377 e. The Bertz CT molecular complexity index is 1020. The zero-order valence-corrected chi connectivity index (χ0v) is 14.8. The van der Waals surface area contributed by atoms with Crippen molar-refractivity contribution in [3.8, 4) is 5.13 Å². The summed E-state index contributed by atoms with van der Waals surface area (Å²) in [5, 5.41) is 12.7. The highest BCUT2D eigenvalue weighted by molar-refractivity contribution is 7.20. The average Bonchev–Trinajstić information content (AvgIpc) is 3.34. The van der Waals surface area contributed by atoms with Gasteiger partial charge in [-0.3, -0.25) is 10.1 Å². The first-order chi connectivity index (χ1) is 12.2. The normalized spacial score (nSPS) is 11.1. The van der Waals surface area contributed by atoms with E-state index < -0.39 is 0 Å². The Morgan fingerprint density at radius 1 is 1.24 bits per heavy atom. The van der Waals surface area contributed by atoms with Gasteiger partial charge in [-0.2, -0.15) is 0 Å². The van der Waals surface area contributed by atoms with Crippen LogP contribution in [0, 0.1) is 0 Å². The number of amides is 1. The Hall–Kier alpha value is -2.62. The van der Waals surface area contributed by atoms with Gasteiger partial charge in [0.05, 0.1) is 10.2 Å². The van der Waals surface area contributed by atoms with E-state index in [9.17, 15) is 4.79 Å². The second-order valence-corrected chi connectivity index (χ2v) is 7.23. The van der Waals surface area contributed by atoms with Gasteiger partial charge < -0.3 is 9.30 Å². The summed E-state index contributed by atoms with van der Waals surface area (Å²) in [5.74, 6) is -0.224. The number of hydrogen-bond acceptors (Lipinski definition) is 7. The Kier molecular flexibility index (Phi) is 4.26. The molecule has 0 spiro atoms. The predicted octanol–water partition coefficient (Wildman–Crippen LogP) is 3.34. The number of methoxy groups -OCH3 is 1. The number of fused-ring (bicyclic) bond motifs is 1. The first-order valence-corrected chi connectivity index (χ1v) is 9.03. The molecule has 0 atom stereocenters. The number of aromatic nitrogens is 4. The van der Waals surface area contributed by atoms with Crippen LogP contribution in [-0.2, 0) is 11.3 Å². The Morgan fingerprint density at radius 2 is 2.08 bits per heavy atom. The largest absolute Gasteiger partial charge is 0.377 e. The van der Waals surface area contributed by atoms with Gasteiger partial charge in [0.1, 0.15) is 11.6 Å². The zero-order chi connectivity index (χ0) is 17.2. The molecule has 1 N–H and O–H groups in total. The molecule has 0 fully saturated rings. The van der Waals surface area contributed by atoms with Crippen LogP contribution in [0.5, 0.6) is 0 Å². The minimum absolute atomic E-state index is 0.224. The van der Waals surface area contributed by atoms with Gasteiger partial charge in [0.15, 0.2) is 5.13 Å². The number of nitrogens with zero attached hydrogens (tertiary/aromatic N) is 4. The van der Waals surface area contributed by atoms with Crippen LogP contribution in [0.4, 0.5) is 5.13 Å². The van der Waals surface area contributed by atoms with Gasteiger partial charge in [-0.25, -0.2) is 4.98 Å². The second kappa shape index (κ2) is 6.71. The number of carbonyl (C=O) groups excluding carboxylic acids is 1. The summed E-state index contributed by atoms with van der Waals surface area (Å²) < 4.78 is 7.90. The van der Waals surface area contributed by atoms with Crippen LogP contribution in [-0.4, -0.2) is 32.8 Å². The fraction of sp³-hybridized carbons (Fsp3) is 0.125. The van der Waals surface area contributed by atoms with Gasteiger partial charge in [0.2, 0.25) is 5.13 Å². The molecule has 0 aliphatic rings. The molecule has 7 nitrogen and oxygen atoms in total. The highest BCUT2D eigenvalue weighted by atomic mass is 32.1. The Balaban J connectivity index is 1.56. The standard InChI is InChI=1S/C16H13N5O2S2/c1-23-9-13-19-20-15(25-13)18-14(22)10-4-5-11-12(8-10)24-16(17-11)21-6-2-3-7-21/h2-8H,9H2,1H3,(H,18,20,22). The molecule has 3 aromatic heterocycles. The van der Waals surface area contributed by atoms with Crippen LogP contribution < -0.4 is 5.32 Å².